The summed E-state index contributed by atoms with van der Waals surface area (Å²) in [6.45, 7) is 5.42. The van der Waals surface area contributed by atoms with E-state index in [4.69, 9.17) is 4.74 Å². The minimum atomic E-state index is -1.01. The highest BCUT2D eigenvalue weighted by molar-refractivity contribution is 5.87. The molecule has 1 amide bonds. The van der Waals surface area contributed by atoms with Crippen LogP contribution in [0.15, 0.2) is 0 Å². The number of nitrogens with one attached hydrogen (secondary N) is 1. The molecule has 120 valence electrons. The van der Waals surface area contributed by atoms with Crippen molar-refractivity contribution in [1.82, 2.24) is 10.2 Å². The van der Waals surface area contributed by atoms with Crippen LogP contribution < -0.4 is 5.32 Å². The highest BCUT2D eigenvalue weighted by atomic mass is 16.5. The third-order valence-corrected chi connectivity index (χ3v) is 4.70. The highest BCUT2D eigenvalue weighted by Gasteiger charge is 2.42. The van der Waals surface area contributed by atoms with Crippen LogP contribution in [0.1, 0.15) is 45.4 Å². The summed E-state index contributed by atoms with van der Waals surface area (Å²) in [5.74, 6) is -1.03. The lowest BCUT2D eigenvalue weighted by atomic mass is 9.97. The van der Waals surface area contributed by atoms with Gasteiger partial charge >= 0.3 is 5.97 Å². The third-order valence-electron chi connectivity index (χ3n) is 4.70. The lowest BCUT2D eigenvalue weighted by Gasteiger charge is -2.32. The van der Waals surface area contributed by atoms with Gasteiger partial charge in [-0.1, -0.05) is 12.8 Å². The molecular weight excluding hydrogens is 272 g/mol. The summed E-state index contributed by atoms with van der Waals surface area (Å²) in [5.41, 5.74) is -1.01. The van der Waals surface area contributed by atoms with E-state index in [1.54, 1.807) is 0 Å². The van der Waals surface area contributed by atoms with Gasteiger partial charge in [0.1, 0.15) is 5.54 Å². The summed E-state index contributed by atoms with van der Waals surface area (Å²) >= 11 is 0. The quantitative estimate of drug-likeness (QED) is 0.765. The smallest absolute Gasteiger partial charge is 0.329 e. The zero-order valence-electron chi connectivity index (χ0n) is 12.8. The molecule has 1 saturated heterocycles. The molecule has 0 aromatic rings. The SMILES string of the molecule is CC(CCC(=O)NC1(C(=O)O)CCCC1)N1CCOCC1. The molecule has 1 aliphatic heterocycles. The zero-order valence-corrected chi connectivity index (χ0v) is 12.8. The first-order valence-electron chi connectivity index (χ1n) is 7.90. The van der Waals surface area contributed by atoms with E-state index in [0.29, 0.717) is 25.3 Å². The number of morpholine rings is 1. The summed E-state index contributed by atoms with van der Waals surface area (Å²) in [5, 5.41) is 12.1. The molecule has 1 aliphatic carbocycles. The molecule has 0 aromatic carbocycles. The van der Waals surface area contributed by atoms with E-state index in [1.807, 2.05) is 0 Å². The highest BCUT2D eigenvalue weighted by Crippen LogP contribution is 2.30. The molecule has 1 heterocycles. The van der Waals surface area contributed by atoms with E-state index < -0.39 is 11.5 Å². The molecule has 2 N–H and O–H groups in total. The second kappa shape index (κ2) is 7.22. The molecule has 6 heteroatoms. The molecular formula is C15H26N2O4. The van der Waals surface area contributed by atoms with Crippen LogP contribution in [0.5, 0.6) is 0 Å². The van der Waals surface area contributed by atoms with Crippen molar-refractivity contribution >= 4 is 11.9 Å². The molecule has 0 aromatic heterocycles. The fourth-order valence-corrected chi connectivity index (χ4v) is 3.24. The van der Waals surface area contributed by atoms with Crippen LogP contribution in [-0.2, 0) is 14.3 Å². The van der Waals surface area contributed by atoms with E-state index in [1.165, 1.54) is 0 Å². The number of hydrogen-bond acceptors (Lipinski definition) is 4. The van der Waals surface area contributed by atoms with E-state index in [-0.39, 0.29) is 5.91 Å². The van der Waals surface area contributed by atoms with Crippen molar-refractivity contribution in [2.75, 3.05) is 26.3 Å². The lowest BCUT2D eigenvalue weighted by Crippen LogP contribution is -2.52. The van der Waals surface area contributed by atoms with Gasteiger partial charge in [0.25, 0.3) is 0 Å². The average molecular weight is 298 g/mol. The second-order valence-corrected chi connectivity index (χ2v) is 6.18. The predicted octanol–water partition coefficient (Wildman–Crippen LogP) is 1.00. The van der Waals surface area contributed by atoms with Crippen LogP contribution in [0.4, 0.5) is 0 Å². The Morgan fingerprint density at radius 1 is 1.29 bits per heavy atom. The Kier molecular flexibility index (Phi) is 5.58. The molecule has 0 spiro atoms. The van der Waals surface area contributed by atoms with Gasteiger partial charge in [0.05, 0.1) is 13.2 Å². The summed E-state index contributed by atoms with van der Waals surface area (Å²) in [4.78, 5) is 25.8. The lowest BCUT2D eigenvalue weighted by molar-refractivity contribution is -0.147. The zero-order chi connectivity index (χ0) is 15.3. The molecule has 21 heavy (non-hydrogen) atoms. The van der Waals surface area contributed by atoms with Gasteiger partial charge in [-0.25, -0.2) is 4.79 Å². The number of carboxylic acid groups (broad SMARTS) is 1. The topological polar surface area (TPSA) is 78.9 Å². The standard InChI is InChI=1S/C15H26N2O4/c1-12(17-8-10-21-11-9-17)4-5-13(18)16-15(14(19)20)6-2-3-7-15/h12H,2-11H2,1H3,(H,16,18)(H,19,20). The summed E-state index contributed by atoms with van der Waals surface area (Å²) < 4.78 is 5.32. The Bertz CT molecular complexity index is 374. The van der Waals surface area contributed by atoms with Gasteiger partial charge in [0.2, 0.25) is 5.91 Å². The van der Waals surface area contributed by atoms with Crippen LogP contribution in [0, 0.1) is 0 Å². The first-order chi connectivity index (χ1) is 10.0. The number of aliphatic carboxylic acids is 1. The Morgan fingerprint density at radius 2 is 1.90 bits per heavy atom. The number of amides is 1. The van der Waals surface area contributed by atoms with Crippen molar-refractivity contribution < 1.29 is 19.4 Å². The number of nitrogens with zero attached hydrogens (tertiary/aromatic N) is 1. The molecule has 6 nitrogen and oxygen atoms in total. The monoisotopic (exact) mass is 298 g/mol. The van der Waals surface area contributed by atoms with Gasteiger partial charge in [-0.2, -0.15) is 0 Å². The average Bonchev–Trinajstić information content (AvgIpc) is 2.95. The number of ether oxygens (including phenoxy) is 1. The molecule has 0 bridgehead atoms. The first-order valence-corrected chi connectivity index (χ1v) is 7.90. The van der Waals surface area contributed by atoms with E-state index in [0.717, 1.165) is 45.6 Å². The Balaban J connectivity index is 1.77. The van der Waals surface area contributed by atoms with Crippen molar-refractivity contribution in [2.24, 2.45) is 0 Å². The van der Waals surface area contributed by atoms with Crippen molar-refractivity contribution in [3.05, 3.63) is 0 Å². The van der Waals surface area contributed by atoms with Gasteiger partial charge in [0.15, 0.2) is 0 Å². The first kappa shape index (κ1) is 16.2. The van der Waals surface area contributed by atoms with Gasteiger partial charge in [-0.3, -0.25) is 9.69 Å². The van der Waals surface area contributed by atoms with Crippen LogP contribution in [0.3, 0.4) is 0 Å². The summed E-state index contributed by atoms with van der Waals surface area (Å²) in [6, 6.07) is 0.323. The Morgan fingerprint density at radius 3 is 2.48 bits per heavy atom. The van der Waals surface area contributed by atoms with Crippen molar-refractivity contribution in [2.45, 2.75) is 57.0 Å². The van der Waals surface area contributed by atoms with Gasteiger partial charge < -0.3 is 15.2 Å². The maximum absolute atomic E-state index is 12.1. The molecule has 2 fully saturated rings. The fraction of sp³-hybridized carbons (Fsp3) is 0.867. The number of carbonyl (C=O) groups is 2. The predicted molar refractivity (Wildman–Crippen MR) is 78.1 cm³/mol. The van der Waals surface area contributed by atoms with Crippen LogP contribution in [0.2, 0.25) is 0 Å². The normalized spacial score (nSPS) is 23.7. The van der Waals surface area contributed by atoms with Gasteiger partial charge in [-0.15, -0.1) is 0 Å². The summed E-state index contributed by atoms with van der Waals surface area (Å²) in [7, 11) is 0. The molecule has 2 aliphatic rings. The number of hydrogen-bond donors (Lipinski definition) is 2. The van der Waals surface area contributed by atoms with Crippen molar-refractivity contribution in [1.29, 1.82) is 0 Å². The minimum absolute atomic E-state index is 0.139. The number of rotatable bonds is 6. The molecule has 1 unspecified atom stereocenters. The fourth-order valence-electron chi connectivity index (χ4n) is 3.24. The third kappa shape index (κ3) is 4.17. The van der Waals surface area contributed by atoms with Crippen molar-refractivity contribution in [3.8, 4) is 0 Å². The van der Waals surface area contributed by atoms with Gasteiger partial charge in [0, 0.05) is 25.6 Å². The van der Waals surface area contributed by atoms with E-state index >= 15 is 0 Å². The van der Waals surface area contributed by atoms with E-state index in [2.05, 4.69) is 17.1 Å². The van der Waals surface area contributed by atoms with Crippen LogP contribution >= 0.6 is 0 Å². The second-order valence-electron chi connectivity index (χ2n) is 6.18. The maximum atomic E-state index is 12.1. The van der Waals surface area contributed by atoms with Crippen molar-refractivity contribution in [3.63, 3.8) is 0 Å². The molecule has 0 radical (unpaired) electrons. The number of carboxylic acids is 1. The van der Waals surface area contributed by atoms with E-state index in [9.17, 15) is 14.7 Å². The van der Waals surface area contributed by atoms with Crippen LogP contribution in [-0.4, -0.2) is 59.8 Å². The Labute approximate surface area is 125 Å². The molecule has 1 atom stereocenters. The van der Waals surface area contributed by atoms with Gasteiger partial charge in [-0.05, 0) is 26.2 Å². The summed E-state index contributed by atoms with van der Waals surface area (Å²) in [6.07, 6.45) is 3.97. The maximum Gasteiger partial charge on any atom is 0.329 e. The largest absolute Gasteiger partial charge is 0.480 e. The minimum Gasteiger partial charge on any atom is -0.480 e. The number of carbonyl (C=O) groups excluding carboxylic acids is 1. The van der Waals surface area contributed by atoms with Crippen LogP contribution in [0.25, 0.3) is 0 Å². The molecule has 2 rings (SSSR count). The Hall–Kier alpha value is -1.14. The molecule has 1 saturated carbocycles.